The third kappa shape index (κ3) is 4.83. The van der Waals surface area contributed by atoms with Crippen molar-refractivity contribution in [2.45, 2.75) is 48.0 Å². The van der Waals surface area contributed by atoms with Gasteiger partial charge in [0.05, 0.1) is 12.8 Å². The Morgan fingerprint density at radius 1 is 1.05 bits per heavy atom. The van der Waals surface area contributed by atoms with Gasteiger partial charge in [-0.1, -0.05) is 27.7 Å². The van der Waals surface area contributed by atoms with Gasteiger partial charge in [0.15, 0.2) is 0 Å². The highest BCUT2D eigenvalue weighted by Crippen LogP contribution is 2.27. The third-order valence-corrected chi connectivity index (χ3v) is 3.17. The Morgan fingerprint density at radius 2 is 1.64 bits per heavy atom. The van der Waals surface area contributed by atoms with Crippen molar-refractivity contribution < 1.29 is 4.74 Å². The lowest BCUT2D eigenvalue weighted by Crippen LogP contribution is -2.00. The van der Waals surface area contributed by atoms with Gasteiger partial charge in [-0.05, 0) is 38.3 Å². The predicted octanol–water partition coefficient (Wildman–Crippen LogP) is 4.99. The number of aromatic nitrogens is 2. The van der Waals surface area contributed by atoms with Crippen molar-refractivity contribution in [1.29, 1.82) is 0 Å². The third-order valence-electron chi connectivity index (χ3n) is 3.17. The van der Waals surface area contributed by atoms with Gasteiger partial charge >= 0.3 is 0 Å². The molecule has 3 heteroatoms. The van der Waals surface area contributed by atoms with Gasteiger partial charge < -0.3 is 4.74 Å². The van der Waals surface area contributed by atoms with Gasteiger partial charge in [-0.25, -0.2) is 0 Å². The summed E-state index contributed by atoms with van der Waals surface area (Å²) in [5.74, 6) is 1.50. The average Bonchev–Trinajstić information content (AvgIpc) is 2.48. The second-order valence-electron chi connectivity index (χ2n) is 5.62. The molecule has 0 fully saturated rings. The van der Waals surface area contributed by atoms with E-state index >= 15 is 0 Å². The maximum atomic E-state index is 5.51. The number of hydrogen-bond acceptors (Lipinski definition) is 3. The average molecular weight is 300 g/mol. The summed E-state index contributed by atoms with van der Waals surface area (Å²) < 4.78 is 5.51. The van der Waals surface area contributed by atoms with E-state index < -0.39 is 0 Å². The molecule has 2 rings (SSSR count). The van der Waals surface area contributed by atoms with Gasteiger partial charge in [0, 0.05) is 34.8 Å². The summed E-state index contributed by atoms with van der Waals surface area (Å²) in [6.07, 6.45) is 2.91. The van der Waals surface area contributed by atoms with Crippen LogP contribution < -0.4 is 4.74 Å². The fraction of sp³-hybridized carbons (Fsp3) is 0.474. The summed E-state index contributed by atoms with van der Waals surface area (Å²) in [6, 6.07) is 6.12. The second kappa shape index (κ2) is 8.52. The molecule has 2 heterocycles. The van der Waals surface area contributed by atoms with Gasteiger partial charge in [-0.15, -0.1) is 0 Å². The largest absolute Gasteiger partial charge is 0.496 e. The summed E-state index contributed by atoms with van der Waals surface area (Å²) in [6.45, 7) is 12.4. The summed E-state index contributed by atoms with van der Waals surface area (Å²) in [5.41, 5.74) is 5.19. The molecule has 0 amide bonds. The number of nitrogens with zero attached hydrogens (tertiary/aromatic N) is 2. The first-order valence-corrected chi connectivity index (χ1v) is 7.98. The molecule has 0 spiro atoms. The van der Waals surface area contributed by atoms with Crippen LogP contribution in [-0.2, 0) is 6.42 Å². The fourth-order valence-electron chi connectivity index (χ4n) is 2.39. The topological polar surface area (TPSA) is 35.0 Å². The molecule has 0 radical (unpaired) electrons. The van der Waals surface area contributed by atoms with E-state index in [2.05, 4.69) is 35.9 Å². The number of aryl methyl sites for hydroxylation is 2. The van der Waals surface area contributed by atoms with E-state index in [-0.39, 0.29) is 0 Å². The Bertz CT molecular complexity index is 586. The Kier molecular flexibility index (Phi) is 7.03. The zero-order chi connectivity index (χ0) is 16.7. The molecule has 22 heavy (non-hydrogen) atoms. The maximum Gasteiger partial charge on any atom is 0.125 e. The zero-order valence-electron chi connectivity index (χ0n) is 14.9. The molecule has 0 atom stereocenters. The molecule has 0 aliphatic carbocycles. The van der Waals surface area contributed by atoms with E-state index in [1.165, 1.54) is 0 Å². The molecule has 0 saturated carbocycles. The zero-order valence-corrected chi connectivity index (χ0v) is 14.9. The SMILES string of the molecule is CC.COc1cc(-c2cc(C)nc(C)c2)ncc1CC(C)C. The lowest BCUT2D eigenvalue weighted by Gasteiger charge is -2.12. The Hall–Kier alpha value is -1.90. The van der Waals surface area contributed by atoms with Crippen LogP contribution in [0, 0.1) is 19.8 Å². The molecule has 2 aromatic rings. The van der Waals surface area contributed by atoms with Crippen LogP contribution in [0.3, 0.4) is 0 Å². The molecule has 0 aliphatic heterocycles. The first-order chi connectivity index (χ1) is 10.5. The highest BCUT2D eigenvalue weighted by atomic mass is 16.5. The number of ether oxygens (including phenoxy) is 1. The van der Waals surface area contributed by atoms with Gasteiger partial charge in [0.1, 0.15) is 5.75 Å². The van der Waals surface area contributed by atoms with Crippen LogP contribution >= 0.6 is 0 Å². The molecule has 0 bridgehead atoms. The molecule has 0 N–H and O–H groups in total. The lowest BCUT2D eigenvalue weighted by atomic mass is 10.0. The fourth-order valence-corrected chi connectivity index (χ4v) is 2.39. The lowest BCUT2D eigenvalue weighted by molar-refractivity contribution is 0.406. The molecule has 0 unspecified atom stereocenters. The van der Waals surface area contributed by atoms with E-state index in [1.807, 2.05) is 40.0 Å². The van der Waals surface area contributed by atoms with Gasteiger partial charge in [0.25, 0.3) is 0 Å². The van der Waals surface area contributed by atoms with Crippen LogP contribution in [0.1, 0.15) is 44.6 Å². The van der Waals surface area contributed by atoms with Crippen molar-refractivity contribution in [3.05, 3.63) is 41.3 Å². The van der Waals surface area contributed by atoms with Gasteiger partial charge in [-0.3, -0.25) is 9.97 Å². The monoisotopic (exact) mass is 300 g/mol. The summed E-state index contributed by atoms with van der Waals surface area (Å²) in [4.78, 5) is 8.99. The number of pyridine rings is 2. The molecule has 0 saturated heterocycles. The van der Waals surface area contributed by atoms with Crippen LogP contribution in [0.25, 0.3) is 11.3 Å². The van der Waals surface area contributed by atoms with Crippen molar-refractivity contribution in [1.82, 2.24) is 9.97 Å². The summed E-state index contributed by atoms with van der Waals surface area (Å²) >= 11 is 0. The first kappa shape index (κ1) is 18.1. The van der Waals surface area contributed by atoms with E-state index in [1.54, 1.807) is 7.11 Å². The van der Waals surface area contributed by atoms with Crippen molar-refractivity contribution in [2.24, 2.45) is 5.92 Å². The molecule has 120 valence electrons. The van der Waals surface area contributed by atoms with E-state index in [0.29, 0.717) is 5.92 Å². The standard InChI is InChI=1S/C17H22N2O.C2H6/c1-11(2)6-15-10-18-16(9-17(15)20-5)14-7-12(3)19-13(4)8-14;1-2/h7-11H,6H2,1-5H3;1-2H3. The summed E-state index contributed by atoms with van der Waals surface area (Å²) in [5, 5.41) is 0. The molecule has 0 aliphatic rings. The Labute approximate surface area is 134 Å². The molecule has 2 aromatic heterocycles. The van der Waals surface area contributed by atoms with Crippen molar-refractivity contribution >= 4 is 0 Å². The van der Waals surface area contributed by atoms with Crippen molar-refractivity contribution in [3.63, 3.8) is 0 Å². The Morgan fingerprint density at radius 3 is 2.14 bits per heavy atom. The van der Waals surface area contributed by atoms with Gasteiger partial charge in [0.2, 0.25) is 0 Å². The number of rotatable bonds is 4. The second-order valence-corrected chi connectivity index (χ2v) is 5.62. The summed E-state index contributed by atoms with van der Waals surface area (Å²) in [7, 11) is 1.71. The van der Waals surface area contributed by atoms with Crippen LogP contribution in [0.5, 0.6) is 5.75 Å². The Balaban J connectivity index is 0.00000116. The first-order valence-electron chi connectivity index (χ1n) is 7.98. The predicted molar refractivity (Wildman–Crippen MR) is 93.4 cm³/mol. The number of hydrogen-bond donors (Lipinski definition) is 0. The van der Waals surface area contributed by atoms with Crippen LogP contribution in [0.15, 0.2) is 24.4 Å². The van der Waals surface area contributed by atoms with E-state index in [4.69, 9.17) is 4.74 Å². The van der Waals surface area contributed by atoms with Crippen molar-refractivity contribution in [2.75, 3.05) is 7.11 Å². The highest BCUT2D eigenvalue weighted by molar-refractivity contribution is 5.62. The van der Waals surface area contributed by atoms with Crippen LogP contribution in [0.2, 0.25) is 0 Å². The minimum absolute atomic E-state index is 0.585. The molecular formula is C19H28N2O. The number of methoxy groups -OCH3 is 1. The molecular weight excluding hydrogens is 272 g/mol. The smallest absolute Gasteiger partial charge is 0.125 e. The van der Waals surface area contributed by atoms with Crippen LogP contribution in [-0.4, -0.2) is 17.1 Å². The van der Waals surface area contributed by atoms with Gasteiger partial charge in [-0.2, -0.15) is 0 Å². The molecule has 3 nitrogen and oxygen atoms in total. The minimum atomic E-state index is 0.585. The molecule has 0 aromatic carbocycles. The van der Waals surface area contributed by atoms with Crippen LogP contribution in [0.4, 0.5) is 0 Å². The quantitative estimate of drug-likeness (QED) is 0.797. The normalized spacial score (nSPS) is 10.2. The maximum absolute atomic E-state index is 5.51. The van der Waals surface area contributed by atoms with E-state index in [9.17, 15) is 0 Å². The van der Waals surface area contributed by atoms with E-state index in [0.717, 1.165) is 40.4 Å². The highest BCUT2D eigenvalue weighted by Gasteiger charge is 2.09. The minimum Gasteiger partial charge on any atom is -0.496 e. The van der Waals surface area contributed by atoms with Crippen molar-refractivity contribution in [3.8, 4) is 17.0 Å².